The number of nitrogens with zero attached hydrogens (tertiary/aromatic N) is 3. The molecule has 4 aromatic rings. The van der Waals surface area contributed by atoms with Gasteiger partial charge in [-0.3, -0.25) is 9.59 Å². The summed E-state index contributed by atoms with van der Waals surface area (Å²) in [6.07, 6.45) is 4.43. The molecule has 3 amide bonds. The summed E-state index contributed by atoms with van der Waals surface area (Å²) in [6.45, 7) is 9.27. The Bertz CT molecular complexity index is 1710. The van der Waals surface area contributed by atoms with Crippen LogP contribution in [0.1, 0.15) is 27.2 Å². The van der Waals surface area contributed by atoms with Gasteiger partial charge in [-0.2, -0.15) is 0 Å². The van der Waals surface area contributed by atoms with Crippen molar-refractivity contribution in [1.29, 1.82) is 0 Å². The van der Waals surface area contributed by atoms with E-state index in [9.17, 15) is 14.4 Å². The maximum atomic E-state index is 13.5. The number of amides is 3. The minimum absolute atomic E-state index is 0.161. The summed E-state index contributed by atoms with van der Waals surface area (Å²) in [6, 6.07) is 14.3. The number of halogens is 1. The highest BCUT2D eigenvalue weighted by Gasteiger charge is 2.36. The van der Waals surface area contributed by atoms with E-state index in [0.29, 0.717) is 34.5 Å². The van der Waals surface area contributed by atoms with Crippen molar-refractivity contribution < 1.29 is 19.1 Å². The fourth-order valence-electron chi connectivity index (χ4n) is 5.06. The number of rotatable bonds is 7. The Morgan fingerprint density at radius 1 is 1.09 bits per heavy atom. The van der Waals surface area contributed by atoms with Crippen LogP contribution >= 0.6 is 11.6 Å². The average Bonchev–Trinajstić information content (AvgIpc) is 3.41. The number of piperidine rings is 1. The van der Waals surface area contributed by atoms with Gasteiger partial charge in [0.1, 0.15) is 5.60 Å². The predicted molar refractivity (Wildman–Crippen MR) is 172 cm³/mol. The normalized spacial score (nSPS) is 16.7. The molecule has 2 atom stereocenters. The second kappa shape index (κ2) is 12.8. The van der Waals surface area contributed by atoms with Gasteiger partial charge in [-0.25, -0.2) is 14.8 Å². The highest BCUT2D eigenvalue weighted by atomic mass is 35.5. The van der Waals surface area contributed by atoms with Gasteiger partial charge in [0, 0.05) is 53.2 Å². The summed E-state index contributed by atoms with van der Waals surface area (Å²) in [7, 11) is 0. The molecule has 0 aliphatic carbocycles. The molecule has 1 unspecified atom stereocenters. The van der Waals surface area contributed by atoms with Crippen LogP contribution in [0.5, 0.6) is 0 Å². The van der Waals surface area contributed by atoms with Crippen molar-refractivity contribution in [1.82, 2.24) is 19.9 Å². The number of hydrogen-bond acceptors (Lipinski definition) is 7. The maximum Gasteiger partial charge on any atom is 0.410 e. The van der Waals surface area contributed by atoms with Gasteiger partial charge >= 0.3 is 6.09 Å². The Balaban J connectivity index is 1.37. The number of fused-ring (bicyclic) bond motifs is 1. The Hall–Kier alpha value is -4.90. The first-order chi connectivity index (χ1) is 21.0. The maximum absolute atomic E-state index is 13.5. The number of aromatic nitrogens is 3. The van der Waals surface area contributed by atoms with Gasteiger partial charge in [0.25, 0.3) is 0 Å². The van der Waals surface area contributed by atoms with Crippen LogP contribution in [0.3, 0.4) is 0 Å². The van der Waals surface area contributed by atoms with E-state index in [0.717, 1.165) is 16.5 Å². The van der Waals surface area contributed by atoms with Crippen LogP contribution in [0.2, 0.25) is 5.02 Å². The molecular formula is C32H34ClN7O4. The molecule has 12 heteroatoms. The number of nitrogens with one attached hydrogen (secondary N) is 4. The second-order valence-electron chi connectivity index (χ2n) is 11.6. The summed E-state index contributed by atoms with van der Waals surface area (Å²) in [4.78, 5) is 52.2. The van der Waals surface area contributed by atoms with E-state index < -0.39 is 17.6 Å². The molecule has 2 aromatic heterocycles. The third-order valence-corrected chi connectivity index (χ3v) is 7.25. The molecule has 1 saturated heterocycles. The number of para-hydroxylation sites is 1. The lowest BCUT2D eigenvalue weighted by molar-refractivity contribution is -0.121. The van der Waals surface area contributed by atoms with E-state index in [1.54, 1.807) is 45.0 Å². The van der Waals surface area contributed by atoms with E-state index >= 15 is 0 Å². The van der Waals surface area contributed by atoms with Gasteiger partial charge in [-0.15, -0.1) is 0 Å². The highest BCUT2D eigenvalue weighted by Crippen LogP contribution is 2.33. The van der Waals surface area contributed by atoms with Crippen molar-refractivity contribution in [2.75, 3.05) is 29.0 Å². The molecular weight excluding hydrogens is 582 g/mol. The van der Waals surface area contributed by atoms with Crippen LogP contribution in [-0.4, -0.2) is 62.5 Å². The topological polar surface area (TPSA) is 141 Å². The SMILES string of the molecule is C=CC(=O)Nc1cccc(NC(=O)C2C[C@@H](Nc3ncc(Cl)c(-c4c[nH]c5ccccc45)n3)CN(C(=O)OC(C)(C)C)C2)c1. The minimum atomic E-state index is -0.709. The average molecular weight is 616 g/mol. The van der Waals surface area contributed by atoms with Crippen molar-refractivity contribution >= 4 is 57.7 Å². The van der Waals surface area contributed by atoms with Gasteiger partial charge in [-0.05, 0) is 57.5 Å². The van der Waals surface area contributed by atoms with Crippen LogP contribution in [0.25, 0.3) is 22.2 Å². The second-order valence-corrected chi connectivity index (χ2v) is 12.0. The molecule has 0 saturated carbocycles. The lowest BCUT2D eigenvalue weighted by atomic mass is 9.93. The summed E-state index contributed by atoms with van der Waals surface area (Å²) < 4.78 is 5.64. The van der Waals surface area contributed by atoms with E-state index in [2.05, 4.69) is 32.5 Å². The Kier molecular flexibility index (Phi) is 8.86. The van der Waals surface area contributed by atoms with E-state index in [4.69, 9.17) is 21.3 Å². The molecule has 0 spiro atoms. The van der Waals surface area contributed by atoms with Crippen molar-refractivity contribution in [2.24, 2.45) is 5.92 Å². The number of carbonyl (C=O) groups excluding carboxylic acids is 3. The number of benzene rings is 2. The molecule has 0 bridgehead atoms. The Morgan fingerprint density at radius 2 is 1.84 bits per heavy atom. The molecule has 5 rings (SSSR count). The van der Waals surface area contributed by atoms with Crippen molar-refractivity contribution in [3.63, 3.8) is 0 Å². The quantitative estimate of drug-likeness (QED) is 0.185. The predicted octanol–water partition coefficient (Wildman–Crippen LogP) is 6.08. The summed E-state index contributed by atoms with van der Waals surface area (Å²) >= 11 is 6.53. The first-order valence-corrected chi connectivity index (χ1v) is 14.5. The zero-order valence-corrected chi connectivity index (χ0v) is 25.4. The van der Waals surface area contributed by atoms with Crippen molar-refractivity contribution in [3.8, 4) is 11.3 Å². The molecule has 228 valence electrons. The smallest absolute Gasteiger partial charge is 0.410 e. The molecule has 11 nitrogen and oxygen atoms in total. The lowest BCUT2D eigenvalue weighted by Gasteiger charge is -2.38. The van der Waals surface area contributed by atoms with Crippen molar-refractivity contribution in [3.05, 3.63) is 78.6 Å². The summed E-state index contributed by atoms with van der Waals surface area (Å²) in [5, 5.41) is 10.3. The van der Waals surface area contributed by atoms with Crippen LogP contribution in [0, 0.1) is 5.92 Å². The minimum Gasteiger partial charge on any atom is -0.444 e. The molecule has 0 radical (unpaired) electrons. The fourth-order valence-corrected chi connectivity index (χ4v) is 5.25. The Morgan fingerprint density at radius 3 is 2.59 bits per heavy atom. The monoisotopic (exact) mass is 615 g/mol. The largest absolute Gasteiger partial charge is 0.444 e. The van der Waals surface area contributed by atoms with Crippen LogP contribution in [-0.2, 0) is 14.3 Å². The van der Waals surface area contributed by atoms with Crippen molar-refractivity contribution in [2.45, 2.75) is 38.8 Å². The number of anilines is 3. The number of ether oxygens (including phenoxy) is 1. The fraction of sp³-hybridized carbons (Fsp3) is 0.281. The van der Waals surface area contributed by atoms with Gasteiger partial charge in [0.2, 0.25) is 17.8 Å². The summed E-state index contributed by atoms with van der Waals surface area (Å²) in [5.74, 6) is -0.912. The van der Waals surface area contributed by atoms with Gasteiger partial charge in [0.05, 0.1) is 22.8 Å². The molecule has 4 N–H and O–H groups in total. The number of carbonyl (C=O) groups is 3. The lowest BCUT2D eigenvalue weighted by Crippen LogP contribution is -2.52. The molecule has 3 heterocycles. The molecule has 1 aliphatic heterocycles. The summed E-state index contributed by atoms with van der Waals surface area (Å²) in [5.41, 5.74) is 2.64. The van der Waals surface area contributed by atoms with E-state index in [-0.39, 0.29) is 30.9 Å². The molecule has 1 fully saturated rings. The molecule has 1 aliphatic rings. The zero-order valence-electron chi connectivity index (χ0n) is 24.7. The molecule has 44 heavy (non-hydrogen) atoms. The zero-order chi connectivity index (χ0) is 31.4. The van der Waals surface area contributed by atoms with Crippen LogP contribution < -0.4 is 16.0 Å². The molecule has 2 aromatic carbocycles. The Labute approximate surface area is 260 Å². The van der Waals surface area contributed by atoms with E-state index in [1.807, 2.05) is 30.5 Å². The number of likely N-dealkylation sites (tertiary alicyclic amines) is 1. The number of H-pyrrole nitrogens is 1. The first-order valence-electron chi connectivity index (χ1n) is 14.2. The van der Waals surface area contributed by atoms with Crippen LogP contribution in [0.4, 0.5) is 22.1 Å². The standard InChI is InChI=1S/C32H34ClN7O4/c1-5-27(41)36-20-9-8-10-21(14-20)37-29(42)19-13-22(18-40(17-19)31(43)44-32(2,3)4)38-30-35-16-25(33)28(39-30)24-15-34-26-12-7-6-11-23(24)26/h5-12,14-16,19,22,34H,1,13,17-18H2,2-4H3,(H,36,41)(H,37,42)(H,35,38,39)/t19?,22-/m1/s1. The number of aromatic amines is 1. The van der Waals surface area contributed by atoms with E-state index in [1.165, 1.54) is 17.2 Å². The van der Waals surface area contributed by atoms with Gasteiger partial charge < -0.3 is 30.6 Å². The highest BCUT2D eigenvalue weighted by molar-refractivity contribution is 6.33. The third kappa shape index (κ3) is 7.35. The van der Waals surface area contributed by atoms with Gasteiger partial charge in [-0.1, -0.05) is 42.4 Å². The number of hydrogen-bond donors (Lipinski definition) is 4. The first kappa shape index (κ1) is 30.6. The van der Waals surface area contributed by atoms with Gasteiger partial charge in [0.15, 0.2) is 0 Å². The third-order valence-electron chi connectivity index (χ3n) is 6.98. The van der Waals surface area contributed by atoms with Crippen LogP contribution in [0.15, 0.2) is 73.6 Å².